The number of carbonyl (C=O) groups is 2. The lowest BCUT2D eigenvalue weighted by molar-refractivity contribution is -0.141. The van der Waals surface area contributed by atoms with Crippen LogP contribution in [0.3, 0.4) is 0 Å². The molecule has 4 atom stereocenters. The summed E-state index contributed by atoms with van der Waals surface area (Å²) in [6.07, 6.45) is 20.1. The third-order valence-corrected chi connectivity index (χ3v) is 11.0. The summed E-state index contributed by atoms with van der Waals surface area (Å²) < 4.78 is 10.5. The molecule has 0 saturated carbocycles. The van der Waals surface area contributed by atoms with Crippen LogP contribution in [0, 0.1) is 17.3 Å². The summed E-state index contributed by atoms with van der Waals surface area (Å²) in [6, 6.07) is 12.8. The second-order valence-corrected chi connectivity index (χ2v) is 14.5. The molecule has 0 spiro atoms. The summed E-state index contributed by atoms with van der Waals surface area (Å²) in [5.41, 5.74) is 6.09. The second kappa shape index (κ2) is 17.6. The third-order valence-electron chi connectivity index (χ3n) is 11.0. The molecule has 2 aliphatic rings. The number of esters is 2. The van der Waals surface area contributed by atoms with Gasteiger partial charge in [-0.05, 0) is 110 Å². The topological polar surface area (TPSA) is 77.3 Å². The van der Waals surface area contributed by atoms with Crippen molar-refractivity contribution in [1.29, 1.82) is 0 Å². The van der Waals surface area contributed by atoms with Gasteiger partial charge in [0.2, 0.25) is 0 Å². The van der Waals surface area contributed by atoms with Crippen molar-refractivity contribution in [1.82, 2.24) is 0 Å². The summed E-state index contributed by atoms with van der Waals surface area (Å²) in [5.74, 6) is -0.659. The summed E-state index contributed by atoms with van der Waals surface area (Å²) in [4.78, 5) is 35.9. The zero-order valence-corrected chi connectivity index (χ0v) is 32.4. The number of rotatable bonds is 9. The van der Waals surface area contributed by atoms with Crippen molar-refractivity contribution in [2.24, 2.45) is 27.2 Å². The van der Waals surface area contributed by atoms with Crippen LogP contribution in [0.1, 0.15) is 91.2 Å². The lowest BCUT2D eigenvalue weighted by Crippen LogP contribution is -2.43. The van der Waals surface area contributed by atoms with Gasteiger partial charge in [-0.1, -0.05) is 100 Å². The normalized spacial score (nSPS) is 29.9. The molecule has 52 heavy (non-hydrogen) atoms. The van der Waals surface area contributed by atoms with E-state index in [1.165, 1.54) is 14.2 Å². The molecule has 0 aliphatic carbocycles. The first kappa shape index (κ1) is 39.9. The van der Waals surface area contributed by atoms with Crippen molar-refractivity contribution in [3.63, 3.8) is 0 Å². The largest absolute Gasteiger partial charge is 0.469 e. The van der Waals surface area contributed by atoms with Gasteiger partial charge >= 0.3 is 11.9 Å². The van der Waals surface area contributed by atoms with Gasteiger partial charge in [-0.15, -0.1) is 0 Å². The molecule has 274 valence electrons. The molecule has 4 rings (SSSR count). The highest BCUT2D eigenvalue weighted by Gasteiger charge is 2.47. The monoisotopic (exact) mass is 700 g/mol. The van der Waals surface area contributed by atoms with Gasteiger partial charge in [-0.3, -0.25) is 19.6 Å². The fourth-order valence-electron chi connectivity index (χ4n) is 7.74. The van der Waals surface area contributed by atoms with Crippen LogP contribution < -0.4 is 0 Å². The highest BCUT2D eigenvalue weighted by molar-refractivity contribution is 5.98. The van der Waals surface area contributed by atoms with Crippen molar-refractivity contribution in [3.05, 3.63) is 126 Å². The molecule has 0 N–H and O–H groups in total. The number of methoxy groups -OCH3 is 2. The zero-order valence-electron chi connectivity index (χ0n) is 32.4. The summed E-state index contributed by atoms with van der Waals surface area (Å²) in [5, 5.41) is 2.19. The molecule has 0 saturated heterocycles. The number of hydrogen-bond acceptors (Lipinski definition) is 6. The van der Waals surface area contributed by atoms with E-state index in [0.29, 0.717) is 25.0 Å². The molecule has 2 aliphatic heterocycles. The fraction of sp³-hybridized carbons (Fsp3) is 0.391. The first-order valence-electron chi connectivity index (χ1n) is 18.4. The van der Waals surface area contributed by atoms with Gasteiger partial charge in [0, 0.05) is 35.2 Å². The van der Waals surface area contributed by atoms with E-state index in [1.807, 2.05) is 19.9 Å². The minimum Gasteiger partial charge on any atom is -0.469 e. The standard InChI is InChI=1S/C46H56N2O4/c1-11-38-27-31(2)15-14-24-45(25-22-43(49)51-9,32(3)18-20-34(5)47-36(38)7)30-46(26-23-44(50)52-10)33(4)19-21-35(6)48-37(8)41-28-39-16-12-13-17-40(39)29-42(41)46/h12-21,24,27-29,32-33H,7-8,11,22-23,25-26,30H2,1-6,9-10H3/b20-18-,21-19-,24-14-,31-15+,38-27+,47-34+,48-35+. The van der Waals surface area contributed by atoms with Crippen molar-refractivity contribution in [2.45, 2.75) is 85.5 Å². The minimum atomic E-state index is -0.630. The van der Waals surface area contributed by atoms with E-state index in [1.54, 1.807) is 0 Å². The Morgan fingerprint density at radius 1 is 0.827 bits per heavy atom. The first-order valence-corrected chi connectivity index (χ1v) is 18.4. The number of carbonyl (C=O) groups excluding carboxylic acids is 2. The smallest absolute Gasteiger partial charge is 0.305 e. The van der Waals surface area contributed by atoms with Crippen molar-refractivity contribution in [2.75, 3.05) is 14.2 Å². The Bertz CT molecular complexity index is 1920. The minimum absolute atomic E-state index is 0.0590. The molecular weight excluding hydrogens is 645 g/mol. The molecule has 2 aromatic carbocycles. The third kappa shape index (κ3) is 9.33. The van der Waals surface area contributed by atoms with Crippen molar-refractivity contribution in [3.8, 4) is 0 Å². The number of benzene rings is 2. The molecule has 6 nitrogen and oxygen atoms in total. The summed E-state index contributed by atoms with van der Waals surface area (Å²) in [6.45, 7) is 21.4. The number of nitrogens with zero attached hydrogens (tertiary/aromatic N) is 2. The predicted molar refractivity (Wildman–Crippen MR) is 217 cm³/mol. The van der Waals surface area contributed by atoms with E-state index in [9.17, 15) is 9.59 Å². The van der Waals surface area contributed by atoms with Crippen LogP contribution in [0.25, 0.3) is 16.5 Å². The van der Waals surface area contributed by atoms with Crippen LogP contribution in [-0.4, -0.2) is 37.6 Å². The van der Waals surface area contributed by atoms with Gasteiger partial charge in [0.15, 0.2) is 0 Å². The van der Waals surface area contributed by atoms with Gasteiger partial charge in [0.05, 0.1) is 25.6 Å². The number of aliphatic imine (C=N–C) groups is 2. The molecule has 6 heteroatoms. The Labute approximate surface area is 311 Å². The molecule has 0 fully saturated rings. The first-order chi connectivity index (χ1) is 24.8. The Hall–Kier alpha value is -4.84. The van der Waals surface area contributed by atoms with Gasteiger partial charge in [-0.25, -0.2) is 0 Å². The summed E-state index contributed by atoms with van der Waals surface area (Å²) in [7, 11) is 2.88. The Morgan fingerprint density at radius 2 is 1.40 bits per heavy atom. The van der Waals surface area contributed by atoms with Crippen LogP contribution in [0.2, 0.25) is 0 Å². The van der Waals surface area contributed by atoms with Crippen LogP contribution in [-0.2, 0) is 24.5 Å². The number of hydrogen-bond donors (Lipinski definition) is 0. The maximum atomic E-state index is 13.1. The van der Waals surface area contributed by atoms with Gasteiger partial charge in [0.25, 0.3) is 0 Å². The van der Waals surface area contributed by atoms with Crippen molar-refractivity contribution >= 4 is 39.8 Å². The molecule has 2 aromatic rings. The Morgan fingerprint density at radius 3 is 2.02 bits per heavy atom. The number of fused-ring (bicyclic) bond motifs is 2. The highest BCUT2D eigenvalue weighted by atomic mass is 16.5. The van der Waals surface area contributed by atoms with E-state index in [2.05, 4.69) is 120 Å². The molecule has 2 heterocycles. The number of ether oxygens (including phenoxy) is 2. The van der Waals surface area contributed by atoms with Gasteiger partial charge < -0.3 is 9.47 Å². The van der Waals surface area contributed by atoms with Gasteiger partial charge in [0.1, 0.15) is 0 Å². The van der Waals surface area contributed by atoms with Crippen LogP contribution in [0.15, 0.2) is 125 Å². The summed E-state index contributed by atoms with van der Waals surface area (Å²) >= 11 is 0. The molecule has 0 aromatic heterocycles. The molecular formula is C46H56N2O4. The highest BCUT2D eigenvalue weighted by Crippen LogP contribution is 2.54. The zero-order chi connectivity index (χ0) is 38.1. The molecule has 4 unspecified atom stereocenters. The van der Waals surface area contributed by atoms with E-state index < -0.39 is 10.8 Å². The Kier molecular flexibility index (Phi) is 13.5. The maximum Gasteiger partial charge on any atom is 0.305 e. The predicted octanol–water partition coefficient (Wildman–Crippen LogP) is 11.0. The average Bonchev–Trinajstić information content (AvgIpc) is 3.17. The molecule has 0 amide bonds. The average molecular weight is 701 g/mol. The lowest BCUT2D eigenvalue weighted by atomic mass is 9.55. The lowest BCUT2D eigenvalue weighted by Gasteiger charge is -2.48. The van der Waals surface area contributed by atoms with E-state index in [0.717, 1.165) is 56.6 Å². The molecule has 0 radical (unpaired) electrons. The Balaban J connectivity index is 2.12. The van der Waals surface area contributed by atoms with Crippen LogP contribution in [0.4, 0.5) is 0 Å². The second-order valence-electron chi connectivity index (χ2n) is 14.5. The van der Waals surface area contributed by atoms with Crippen LogP contribution >= 0.6 is 0 Å². The van der Waals surface area contributed by atoms with Gasteiger partial charge in [-0.2, -0.15) is 0 Å². The quantitative estimate of drug-likeness (QED) is 0.244. The van der Waals surface area contributed by atoms with Crippen molar-refractivity contribution < 1.29 is 19.1 Å². The molecule has 0 bridgehead atoms. The van der Waals surface area contributed by atoms with E-state index in [-0.39, 0.29) is 36.6 Å². The fourth-order valence-corrected chi connectivity index (χ4v) is 7.74. The van der Waals surface area contributed by atoms with Crippen LogP contribution in [0.5, 0.6) is 0 Å². The SMILES string of the molecule is C=C1/N=C(C)/C=C\C(C)C(CCC(=O)OC)(CC2(CCC(=O)OC)c3cc4ccccc4cc3C(=C)/N=C(C)/C=C\C2C)\C=C/C=C(C)/C=C/1CC. The van der Waals surface area contributed by atoms with E-state index >= 15 is 0 Å². The maximum absolute atomic E-state index is 13.1. The van der Waals surface area contributed by atoms with E-state index in [4.69, 9.17) is 19.5 Å². The number of allylic oxidation sites excluding steroid dienone is 10.